The van der Waals surface area contributed by atoms with Crippen LogP contribution in [0.5, 0.6) is 0 Å². The number of hydrogen-bond donors (Lipinski definition) is 2. The predicted molar refractivity (Wildman–Crippen MR) is 58.0 cm³/mol. The number of ether oxygens (including phenoxy) is 1. The second-order valence-electron chi connectivity index (χ2n) is 3.47. The Hall–Kier alpha value is -0.390. The minimum absolute atomic E-state index is 0.124. The third kappa shape index (κ3) is 3.08. The maximum absolute atomic E-state index is 11.7. The first-order valence-corrected chi connectivity index (χ1v) is 5.32. The van der Waals surface area contributed by atoms with Crippen molar-refractivity contribution < 1.29 is 9.53 Å². The third-order valence-electron chi connectivity index (χ3n) is 2.28. The molecule has 0 unspecified atom stereocenters. The summed E-state index contributed by atoms with van der Waals surface area (Å²) in [6.45, 7) is 5.16. The van der Waals surface area contributed by atoms with E-state index in [-0.39, 0.29) is 5.91 Å². The molecule has 0 aliphatic carbocycles. The van der Waals surface area contributed by atoms with Gasteiger partial charge in [-0.3, -0.25) is 4.79 Å². The van der Waals surface area contributed by atoms with E-state index in [4.69, 9.17) is 10.5 Å². The molecule has 1 aliphatic rings. The van der Waals surface area contributed by atoms with Gasteiger partial charge < -0.3 is 15.8 Å². The Kier molecular flexibility index (Phi) is 4.10. The van der Waals surface area contributed by atoms with Gasteiger partial charge in [0.25, 0.3) is 0 Å². The van der Waals surface area contributed by atoms with Crippen molar-refractivity contribution in [3.8, 4) is 0 Å². The molecule has 0 bridgehead atoms. The van der Waals surface area contributed by atoms with E-state index in [1.54, 1.807) is 0 Å². The van der Waals surface area contributed by atoms with Gasteiger partial charge in [-0.2, -0.15) is 0 Å². The summed E-state index contributed by atoms with van der Waals surface area (Å²) in [4.78, 5) is 11.7. The fourth-order valence-electron chi connectivity index (χ4n) is 1.31. The molecule has 1 saturated heterocycles. The molecular formula is C9H15BrN2O2. The van der Waals surface area contributed by atoms with Crippen molar-refractivity contribution in [3.63, 3.8) is 0 Å². The summed E-state index contributed by atoms with van der Waals surface area (Å²) in [6.07, 6.45) is 1.15. The molecule has 0 aromatic carbocycles. The molecule has 1 heterocycles. The number of amides is 1. The quantitative estimate of drug-likeness (QED) is 0.780. The fraction of sp³-hybridized carbons (Fsp3) is 0.667. The molecule has 3 N–H and O–H groups in total. The van der Waals surface area contributed by atoms with Crippen LogP contribution >= 0.6 is 15.9 Å². The topological polar surface area (TPSA) is 64.4 Å². The number of carbonyl (C=O) groups excluding carboxylic acids is 1. The van der Waals surface area contributed by atoms with E-state index >= 15 is 0 Å². The van der Waals surface area contributed by atoms with Crippen LogP contribution in [0.2, 0.25) is 0 Å². The van der Waals surface area contributed by atoms with Gasteiger partial charge in [-0.25, -0.2) is 0 Å². The minimum Gasteiger partial charge on any atom is -0.381 e. The molecule has 1 aliphatic heterocycles. The molecule has 14 heavy (non-hydrogen) atoms. The van der Waals surface area contributed by atoms with Crippen molar-refractivity contribution in [2.75, 3.05) is 19.8 Å². The van der Waals surface area contributed by atoms with Gasteiger partial charge in [-0.15, -0.1) is 0 Å². The van der Waals surface area contributed by atoms with Gasteiger partial charge in [0.05, 0.1) is 5.54 Å². The first-order chi connectivity index (χ1) is 6.54. The number of carbonyl (C=O) groups is 1. The average Bonchev–Trinajstić information content (AvgIpc) is 2.15. The van der Waals surface area contributed by atoms with Crippen LogP contribution in [0.1, 0.15) is 12.8 Å². The van der Waals surface area contributed by atoms with E-state index in [0.717, 1.165) is 4.48 Å². The predicted octanol–water partition coefficient (Wildman–Crippen LogP) is 0.519. The van der Waals surface area contributed by atoms with E-state index in [0.29, 0.717) is 32.6 Å². The van der Waals surface area contributed by atoms with Gasteiger partial charge in [-0.05, 0) is 12.8 Å². The summed E-state index contributed by atoms with van der Waals surface area (Å²) in [5, 5.41) is 2.73. The standard InChI is InChI=1S/C9H15BrN2O2/c1-7(10)6-12-8(13)9(11)2-4-14-5-3-9/h1-6,11H2,(H,12,13). The summed E-state index contributed by atoms with van der Waals surface area (Å²) in [5.74, 6) is -0.124. The third-order valence-corrected chi connectivity index (χ3v) is 2.56. The Balaban J connectivity index is 2.45. The Bertz CT molecular complexity index is 237. The van der Waals surface area contributed by atoms with Gasteiger partial charge in [-0.1, -0.05) is 22.5 Å². The monoisotopic (exact) mass is 262 g/mol. The lowest BCUT2D eigenvalue weighted by molar-refractivity contribution is -0.129. The molecule has 0 atom stereocenters. The largest absolute Gasteiger partial charge is 0.381 e. The number of nitrogens with two attached hydrogens (primary N) is 1. The highest BCUT2D eigenvalue weighted by Crippen LogP contribution is 2.17. The van der Waals surface area contributed by atoms with Gasteiger partial charge in [0, 0.05) is 24.2 Å². The van der Waals surface area contributed by atoms with E-state index in [2.05, 4.69) is 27.8 Å². The van der Waals surface area contributed by atoms with E-state index in [1.807, 2.05) is 0 Å². The Labute approximate surface area is 92.0 Å². The number of rotatable bonds is 3. The summed E-state index contributed by atoms with van der Waals surface area (Å²) >= 11 is 3.17. The molecule has 80 valence electrons. The Morgan fingerprint density at radius 3 is 2.64 bits per heavy atom. The summed E-state index contributed by atoms with van der Waals surface area (Å²) in [7, 11) is 0. The zero-order valence-electron chi connectivity index (χ0n) is 8.01. The zero-order chi connectivity index (χ0) is 10.6. The summed E-state index contributed by atoms with van der Waals surface area (Å²) < 4.78 is 5.89. The molecule has 1 amide bonds. The van der Waals surface area contributed by atoms with Crippen molar-refractivity contribution in [1.29, 1.82) is 0 Å². The Morgan fingerprint density at radius 2 is 2.14 bits per heavy atom. The van der Waals surface area contributed by atoms with Crippen molar-refractivity contribution in [2.45, 2.75) is 18.4 Å². The lowest BCUT2D eigenvalue weighted by Gasteiger charge is -2.31. The molecular weight excluding hydrogens is 248 g/mol. The van der Waals surface area contributed by atoms with Crippen LogP contribution in [0, 0.1) is 0 Å². The Morgan fingerprint density at radius 1 is 1.57 bits per heavy atom. The maximum Gasteiger partial charge on any atom is 0.240 e. The molecule has 0 saturated carbocycles. The zero-order valence-corrected chi connectivity index (χ0v) is 9.60. The molecule has 0 aromatic rings. The van der Waals surface area contributed by atoms with Crippen molar-refractivity contribution >= 4 is 21.8 Å². The van der Waals surface area contributed by atoms with Crippen molar-refractivity contribution in [3.05, 3.63) is 11.1 Å². The highest BCUT2D eigenvalue weighted by atomic mass is 79.9. The van der Waals surface area contributed by atoms with Crippen LogP contribution < -0.4 is 11.1 Å². The average molecular weight is 263 g/mol. The lowest BCUT2D eigenvalue weighted by atomic mass is 9.90. The van der Waals surface area contributed by atoms with Crippen LogP contribution in [0.25, 0.3) is 0 Å². The van der Waals surface area contributed by atoms with Crippen LogP contribution in [0.3, 0.4) is 0 Å². The van der Waals surface area contributed by atoms with Gasteiger partial charge in [0.15, 0.2) is 0 Å². The van der Waals surface area contributed by atoms with E-state index < -0.39 is 5.54 Å². The molecule has 0 spiro atoms. The van der Waals surface area contributed by atoms with Gasteiger partial charge in [0.2, 0.25) is 5.91 Å². The number of halogens is 1. The number of nitrogens with one attached hydrogen (secondary N) is 1. The summed E-state index contributed by atoms with van der Waals surface area (Å²) in [6, 6.07) is 0. The first-order valence-electron chi connectivity index (χ1n) is 4.53. The fourth-order valence-corrected chi connectivity index (χ4v) is 1.46. The van der Waals surface area contributed by atoms with Crippen molar-refractivity contribution in [1.82, 2.24) is 5.32 Å². The molecule has 4 nitrogen and oxygen atoms in total. The summed E-state index contributed by atoms with van der Waals surface area (Å²) in [5.41, 5.74) is 5.19. The van der Waals surface area contributed by atoms with E-state index in [1.165, 1.54) is 0 Å². The van der Waals surface area contributed by atoms with Crippen LogP contribution in [-0.4, -0.2) is 31.2 Å². The van der Waals surface area contributed by atoms with Crippen LogP contribution in [0.15, 0.2) is 11.1 Å². The van der Waals surface area contributed by atoms with Gasteiger partial charge >= 0.3 is 0 Å². The normalized spacial score (nSPS) is 20.1. The second-order valence-corrected chi connectivity index (χ2v) is 4.59. The molecule has 0 aromatic heterocycles. The van der Waals surface area contributed by atoms with Gasteiger partial charge in [0.1, 0.15) is 0 Å². The van der Waals surface area contributed by atoms with Crippen LogP contribution in [-0.2, 0) is 9.53 Å². The molecule has 5 heteroatoms. The SMILES string of the molecule is C=C(Br)CNC(=O)C1(N)CCOCC1. The van der Waals surface area contributed by atoms with Crippen LogP contribution in [0.4, 0.5) is 0 Å². The highest BCUT2D eigenvalue weighted by molar-refractivity contribution is 9.11. The molecule has 1 fully saturated rings. The second kappa shape index (κ2) is 4.91. The molecule has 1 rings (SSSR count). The molecule has 0 radical (unpaired) electrons. The lowest BCUT2D eigenvalue weighted by Crippen LogP contribution is -2.57. The van der Waals surface area contributed by atoms with E-state index in [9.17, 15) is 4.79 Å². The highest BCUT2D eigenvalue weighted by Gasteiger charge is 2.35. The smallest absolute Gasteiger partial charge is 0.240 e. The first kappa shape index (κ1) is 11.7. The van der Waals surface area contributed by atoms with Crippen molar-refractivity contribution in [2.24, 2.45) is 5.73 Å². The number of hydrogen-bond acceptors (Lipinski definition) is 3. The minimum atomic E-state index is -0.763. The maximum atomic E-state index is 11.7.